The Kier molecular flexibility index (Phi) is 4.90. The molecule has 0 spiro atoms. The predicted octanol–water partition coefficient (Wildman–Crippen LogP) is 2.99. The number of anilines is 1. The Balaban J connectivity index is 1.61. The molecule has 0 bridgehead atoms. The fourth-order valence-electron chi connectivity index (χ4n) is 3.45. The van der Waals surface area contributed by atoms with Crippen molar-refractivity contribution in [2.45, 2.75) is 0 Å². The van der Waals surface area contributed by atoms with Gasteiger partial charge in [0.15, 0.2) is 17.5 Å². The van der Waals surface area contributed by atoms with E-state index in [4.69, 9.17) is 24.4 Å². The van der Waals surface area contributed by atoms with Crippen LogP contribution in [-0.2, 0) is 4.74 Å². The van der Waals surface area contributed by atoms with Crippen molar-refractivity contribution in [2.24, 2.45) is 0 Å². The lowest BCUT2D eigenvalue weighted by atomic mass is 10.2. The SMILES string of the molecule is COc1cccc(-c2nccc(-c3nc(N4CCOCC4)c4ncccc4n3)n2)c1. The molecule has 0 atom stereocenters. The molecule has 0 radical (unpaired) electrons. The molecule has 8 heteroatoms. The monoisotopic (exact) mass is 400 g/mol. The first-order valence-electron chi connectivity index (χ1n) is 9.75. The Morgan fingerprint density at radius 1 is 0.900 bits per heavy atom. The highest BCUT2D eigenvalue weighted by Crippen LogP contribution is 2.27. The van der Waals surface area contributed by atoms with Crippen LogP contribution in [0.2, 0.25) is 0 Å². The van der Waals surface area contributed by atoms with E-state index in [1.165, 1.54) is 0 Å². The van der Waals surface area contributed by atoms with Crippen molar-refractivity contribution in [3.8, 4) is 28.7 Å². The molecule has 1 aliphatic rings. The van der Waals surface area contributed by atoms with Gasteiger partial charge in [-0.2, -0.15) is 0 Å². The van der Waals surface area contributed by atoms with E-state index in [2.05, 4.69) is 14.9 Å². The van der Waals surface area contributed by atoms with E-state index in [9.17, 15) is 0 Å². The zero-order chi connectivity index (χ0) is 20.3. The van der Waals surface area contributed by atoms with Crippen LogP contribution in [0.1, 0.15) is 0 Å². The maximum absolute atomic E-state index is 5.50. The number of hydrogen-bond acceptors (Lipinski definition) is 8. The molecule has 1 saturated heterocycles. The lowest BCUT2D eigenvalue weighted by Crippen LogP contribution is -2.37. The zero-order valence-corrected chi connectivity index (χ0v) is 16.5. The van der Waals surface area contributed by atoms with Crippen LogP contribution < -0.4 is 9.64 Å². The van der Waals surface area contributed by atoms with Crippen LogP contribution in [0.4, 0.5) is 5.82 Å². The van der Waals surface area contributed by atoms with Gasteiger partial charge in [-0.1, -0.05) is 12.1 Å². The Bertz CT molecular complexity index is 1190. The van der Waals surface area contributed by atoms with Gasteiger partial charge >= 0.3 is 0 Å². The van der Waals surface area contributed by atoms with Crippen molar-refractivity contribution < 1.29 is 9.47 Å². The Hall–Kier alpha value is -3.65. The fraction of sp³-hybridized carbons (Fsp3) is 0.227. The third kappa shape index (κ3) is 3.53. The molecular formula is C22H20N6O2. The van der Waals surface area contributed by atoms with E-state index < -0.39 is 0 Å². The number of fused-ring (bicyclic) bond motifs is 1. The molecule has 4 heterocycles. The maximum Gasteiger partial charge on any atom is 0.181 e. The Morgan fingerprint density at radius 2 is 1.80 bits per heavy atom. The highest BCUT2D eigenvalue weighted by Gasteiger charge is 2.19. The molecule has 0 saturated carbocycles. The molecule has 150 valence electrons. The molecular weight excluding hydrogens is 380 g/mol. The van der Waals surface area contributed by atoms with Crippen LogP contribution >= 0.6 is 0 Å². The highest BCUT2D eigenvalue weighted by molar-refractivity contribution is 5.87. The van der Waals surface area contributed by atoms with Gasteiger partial charge in [-0.15, -0.1) is 0 Å². The molecule has 30 heavy (non-hydrogen) atoms. The molecule has 1 fully saturated rings. The van der Waals surface area contributed by atoms with Gasteiger partial charge < -0.3 is 14.4 Å². The summed E-state index contributed by atoms with van der Waals surface area (Å²) in [6.07, 6.45) is 3.49. The quantitative estimate of drug-likeness (QED) is 0.517. The second kappa shape index (κ2) is 8.00. The number of benzene rings is 1. The van der Waals surface area contributed by atoms with Crippen molar-refractivity contribution in [1.82, 2.24) is 24.9 Å². The van der Waals surface area contributed by atoms with Crippen molar-refractivity contribution in [1.29, 1.82) is 0 Å². The van der Waals surface area contributed by atoms with Gasteiger partial charge in [0.1, 0.15) is 17.0 Å². The second-order valence-electron chi connectivity index (χ2n) is 6.84. The van der Waals surface area contributed by atoms with Gasteiger partial charge in [-0.3, -0.25) is 4.98 Å². The maximum atomic E-state index is 5.50. The summed E-state index contributed by atoms with van der Waals surface area (Å²) in [5.74, 6) is 2.70. The summed E-state index contributed by atoms with van der Waals surface area (Å²) >= 11 is 0. The molecule has 3 aromatic heterocycles. The Morgan fingerprint density at radius 3 is 2.67 bits per heavy atom. The summed E-state index contributed by atoms with van der Waals surface area (Å²) in [7, 11) is 1.64. The van der Waals surface area contributed by atoms with Crippen molar-refractivity contribution in [2.75, 3.05) is 38.3 Å². The molecule has 0 amide bonds. The molecule has 0 unspecified atom stereocenters. The van der Waals surface area contributed by atoms with E-state index in [1.54, 1.807) is 19.5 Å². The van der Waals surface area contributed by atoms with Crippen LogP contribution in [0.15, 0.2) is 54.9 Å². The number of methoxy groups -OCH3 is 1. The van der Waals surface area contributed by atoms with Gasteiger partial charge in [0.05, 0.1) is 25.8 Å². The number of nitrogens with zero attached hydrogens (tertiary/aromatic N) is 6. The number of hydrogen-bond donors (Lipinski definition) is 0. The van der Waals surface area contributed by atoms with Crippen LogP contribution in [0.5, 0.6) is 5.75 Å². The van der Waals surface area contributed by atoms with Gasteiger partial charge in [0.25, 0.3) is 0 Å². The molecule has 1 aromatic carbocycles. The minimum Gasteiger partial charge on any atom is -0.497 e. The number of aromatic nitrogens is 5. The average molecular weight is 400 g/mol. The topological polar surface area (TPSA) is 86.2 Å². The van der Waals surface area contributed by atoms with Crippen molar-refractivity contribution >= 4 is 16.9 Å². The fourth-order valence-corrected chi connectivity index (χ4v) is 3.45. The smallest absolute Gasteiger partial charge is 0.181 e. The standard InChI is InChI=1S/C22H20N6O2/c1-29-16-5-2-4-15(14-16)20-24-9-7-18(26-20)21-25-17-6-3-8-23-19(17)22(27-21)28-10-12-30-13-11-28/h2-9,14H,10-13H2,1H3. The first-order chi connectivity index (χ1) is 14.8. The second-order valence-corrected chi connectivity index (χ2v) is 6.84. The molecule has 1 aliphatic heterocycles. The number of rotatable bonds is 4. The van der Waals surface area contributed by atoms with Crippen LogP contribution in [0, 0.1) is 0 Å². The largest absolute Gasteiger partial charge is 0.497 e. The lowest BCUT2D eigenvalue weighted by molar-refractivity contribution is 0.122. The van der Waals surface area contributed by atoms with E-state index >= 15 is 0 Å². The minimum absolute atomic E-state index is 0.545. The van der Waals surface area contributed by atoms with Gasteiger partial charge in [-0.05, 0) is 30.3 Å². The summed E-state index contributed by atoms with van der Waals surface area (Å²) in [5, 5.41) is 0. The summed E-state index contributed by atoms with van der Waals surface area (Å²) < 4.78 is 10.8. The van der Waals surface area contributed by atoms with Crippen LogP contribution in [0.3, 0.4) is 0 Å². The first-order valence-corrected chi connectivity index (χ1v) is 9.75. The van der Waals surface area contributed by atoms with Crippen LogP contribution in [0.25, 0.3) is 33.9 Å². The lowest BCUT2D eigenvalue weighted by Gasteiger charge is -2.28. The minimum atomic E-state index is 0.545. The van der Waals surface area contributed by atoms with E-state index in [0.29, 0.717) is 30.6 Å². The summed E-state index contributed by atoms with van der Waals surface area (Å²) in [5.41, 5.74) is 3.09. The number of pyridine rings is 1. The summed E-state index contributed by atoms with van der Waals surface area (Å²) in [6.45, 7) is 2.87. The van der Waals surface area contributed by atoms with E-state index in [-0.39, 0.29) is 0 Å². The average Bonchev–Trinajstić information content (AvgIpc) is 2.84. The van der Waals surface area contributed by atoms with Gasteiger partial charge in [0, 0.05) is 31.0 Å². The molecule has 4 aromatic rings. The van der Waals surface area contributed by atoms with Gasteiger partial charge in [-0.25, -0.2) is 19.9 Å². The van der Waals surface area contributed by atoms with Crippen LogP contribution in [-0.4, -0.2) is 58.3 Å². The molecule has 0 N–H and O–H groups in total. The van der Waals surface area contributed by atoms with E-state index in [0.717, 1.165) is 41.3 Å². The van der Waals surface area contributed by atoms with E-state index in [1.807, 2.05) is 42.5 Å². The normalized spacial score (nSPS) is 14.1. The zero-order valence-electron chi connectivity index (χ0n) is 16.5. The summed E-state index contributed by atoms with van der Waals surface area (Å²) in [6, 6.07) is 13.3. The number of morpholine rings is 1. The Labute approximate surface area is 173 Å². The number of ether oxygens (including phenoxy) is 2. The molecule has 5 rings (SSSR count). The van der Waals surface area contributed by atoms with Crippen molar-refractivity contribution in [3.63, 3.8) is 0 Å². The molecule has 0 aliphatic carbocycles. The third-order valence-corrected chi connectivity index (χ3v) is 4.96. The van der Waals surface area contributed by atoms with Crippen molar-refractivity contribution in [3.05, 3.63) is 54.9 Å². The summed E-state index contributed by atoms with van der Waals surface area (Å²) in [4.78, 5) is 25.4. The predicted molar refractivity (Wildman–Crippen MR) is 113 cm³/mol. The first kappa shape index (κ1) is 18.4. The van der Waals surface area contributed by atoms with Gasteiger partial charge in [0.2, 0.25) is 0 Å². The highest BCUT2D eigenvalue weighted by atomic mass is 16.5. The molecule has 8 nitrogen and oxygen atoms in total. The third-order valence-electron chi connectivity index (χ3n) is 4.96.